The number of hydrogen-bond acceptors (Lipinski definition) is 3. The summed E-state index contributed by atoms with van der Waals surface area (Å²) in [5.41, 5.74) is 1.80. The van der Waals surface area contributed by atoms with Crippen molar-refractivity contribution in [2.45, 2.75) is 26.0 Å². The first-order valence-electron chi connectivity index (χ1n) is 7.39. The molecule has 0 aliphatic heterocycles. The number of hydrogen-bond donors (Lipinski definition) is 1. The summed E-state index contributed by atoms with van der Waals surface area (Å²) in [6.45, 7) is 7.60. The van der Waals surface area contributed by atoms with Gasteiger partial charge in [0, 0.05) is 30.0 Å². The maximum absolute atomic E-state index is 13.3. The van der Waals surface area contributed by atoms with Gasteiger partial charge in [-0.05, 0) is 30.8 Å². The van der Waals surface area contributed by atoms with Crippen LogP contribution in [0.1, 0.15) is 31.4 Å². The fraction of sp³-hybridized carbons (Fsp3) is 0.529. The molecular formula is C17H24FNOS. The van der Waals surface area contributed by atoms with Crippen molar-refractivity contribution < 1.29 is 9.50 Å². The smallest absolute Gasteiger partial charge is 0.124 e. The van der Waals surface area contributed by atoms with Gasteiger partial charge in [-0.1, -0.05) is 31.8 Å². The van der Waals surface area contributed by atoms with E-state index in [1.54, 1.807) is 0 Å². The highest BCUT2D eigenvalue weighted by molar-refractivity contribution is 7.98. The van der Waals surface area contributed by atoms with Crippen molar-refractivity contribution in [2.24, 2.45) is 0 Å². The second-order valence-electron chi connectivity index (χ2n) is 4.66. The Balaban J connectivity index is 2.56. The summed E-state index contributed by atoms with van der Waals surface area (Å²) in [6.07, 6.45) is 0.422. The second kappa shape index (κ2) is 10.7. The Morgan fingerprint density at radius 1 is 1.29 bits per heavy atom. The van der Waals surface area contributed by atoms with Crippen molar-refractivity contribution in [1.29, 1.82) is 0 Å². The van der Waals surface area contributed by atoms with E-state index in [2.05, 4.69) is 30.6 Å². The quantitative estimate of drug-likeness (QED) is 0.589. The Kier molecular flexibility index (Phi) is 9.16. The number of halogens is 1. The van der Waals surface area contributed by atoms with Crippen LogP contribution in [0.2, 0.25) is 0 Å². The van der Waals surface area contributed by atoms with Crippen molar-refractivity contribution in [3.63, 3.8) is 0 Å². The van der Waals surface area contributed by atoms with Gasteiger partial charge in [-0.15, -0.1) is 0 Å². The van der Waals surface area contributed by atoms with E-state index in [1.807, 2.05) is 17.8 Å². The van der Waals surface area contributed by atoms with Crippen molar-refractivity contribution in [2.75, 3.05) is 32.0 Å². The van der Waals surface area contributed by atoms with Crippen LogP contribution in [0.4, 0.5) is 4.39 Å². The largest absolute Gasteiger partial charge is 0.395 e. The van der Waals surface area contributed by atoms with Gasteiger partial charge < -0.3 is 10.0 Å². The molecule has 2 nitrogen and oxygen atoms in total. The van der Waals surface area contributed by atoms with Crippen LogP contribution in [0.3, 0.4) is 0 Å². The average Bonchev–Trinajstić information content (AvgIpc) is 2.49. The van der Waals surface area contributed by atoms with Crippen LogP contribution in [-0.4, -0.2) is 42.0 Å². The minimum atomic E-state index is -0.264. The summed E-state index contributed by atoms with van der Waals surface area (Å²) < 4.78 is 13.3. The molecule has 0 fully saturated rings. The van der Waals surface area contributed by atoms with Crippen LogP contribution in [0.15, 0.2) is 18.2 Å². The van der Waals surface area contributed by atoms with Crippen molar-refractivity contribution in [1.82, 2.24) is 4.90 Å². The number of benzene rings is 1. The minimum absolute atomic E-state index is 0.0380. The van der Waals surface area contributed by atoms with Gasteiger partial charge in [0.25, 0.3) is 0 Å². The van der Waals surface area contributed by atoms with Gasteiger partial charge in [0.1, 0.15) is 5.82 Å². The predicted molar refractivity (Wildman–Crippen MR) is 88.9 cm³/mol. The zero-order valence-electron chi connectivity index (χ0n) is 12.9. The highest BCUT2D eigenvalue weighted by Gasteiger charge is 2.04. The molecule has 4 heteroatoms. The van der Waals surface area contributed by atoms with Gasteiger partial charge in [-0.25, -0.2) is 4.39 Å². The number of rotatable bonds is 8. The molecule has 0 atom stereocenters. The van der Waals surface area contributed by atoms with Crippen LogP contribution >= 0.6 is 11.8 Å². The minimum Gasteiger partial charge on any atom is -0.395 e. The molecular weight excluding hydrogens is 285 g/mol. The lowest BCUT2D eigenvalue weighted by Crippen LogP contribution is -2.25. The Morgan fingerprint density at radius 2 is 2.05 bits per heavy atom. The SMILES string of the molecule is CCN(CC)CCSCc1ccc(F)cc1C#CCCO. The molecule has 0 radical (unpaired) electrons. The molecule has 1 N–H and O–H groups in total. The Bertz CT molecular complexity index is 477. The zero-order chi connectivity index (χ0) is 15.5. The molecule has 21 heavy (non-hydrogen) atoms. The molecule has 0 bridgehead atoms. The Hall–Kier alpha value is -1.02. The van der Waals surface area contributed by atoms with Gasteiger partial charge in [0.2, 0.25) is 0 Å². The fourth-order valence-corrected chi connectivity index (χ4v) is 2.92. The summed E-state index contributed by atoms with van der Waals surface area (Å²) in [6, 6.07) is 4.77. The molecule has 0 saturated carbocycles. The summed E-state index contributed by atoms with van der Waals surface area (Å²) >= 11 is 1.84. The van der Waals surface area contributed by atoms with Gasteiger partial charge in [0.05, 0.1) is 6.61 Å². The molecule has 0 aliphatic rings. The van der Waals surface area contributed by atoms with Crippen LogP contribution < -0.4 is 0 Å². The first kappa shape index (κ1) is 18.0. The summed E-state index contributed by atoms with van der Waals surface area (Å²) in [5, 5.41) is 8.75. The number of aliphatic hydroxyl groups excluding tert-OH is 1. The molecule has 0 aromatic heterocycles. The molecule has 1 rings (SSSR count). The van der Waals surface area contributed by atoms with Crippen LogP contribution in [0.25, 0.3) is 0 Å². The molecule has 0 unspecified atom stereocenters. The number of nitrogens with zero attached hydrogens (tertiary/aromatic N) is 1. The molecule has 0 amide bonds. The van der Waals surface area contributed by atoms with Gasteiger partial charge in [-0.3, -0.25) is 0 Å². The maximum atomic E-state index is 13.3. The van der Waals surface area contributed by atoms with Crippen LogP contribution in [-0.2, 0) is 5.75 Å². The topological polar surface area (TPSA) is 23.5 Å². The van der Waals surface area contributed by atoms with E-state index in [0.29, 0.717) is 6.42 Å². The lowest BCUT2D eigenvalue weighted by atomic mass is 10.1. The van der Waals surface area contributed by atoms with E-state index < -0.39 is 0 Å². The predicted octanol–water partition coefficient (Wildman–Crippen LogP) is 3.13. The third-order valence-corrected chi connectivity index (χ3v) is 4.22. The third-order valence-electron chi connectivity index (χ3n) is 3.24. The first-order valence-corrected chi connectivity index (χ1v) is 8.55. The summed E-state index contributed by atoms with van der Waals surface area (Å²) in [7, 11) is 0. The number of thioether (sulfide) groups is 1. The number of aliphatic hydroxyl groups is 1. The van der Waals surface area contributed by atoms with E-state index in [0.717, 1.165) is 42.3 Å². The van der Waals surface area contributed by atoms with Gasteiger partial charge in [-0.2, -0.15) is 11.8 Å². The molecule has 0 spiro atoms. The Morgan fingerprint density at radius 3 is 2.71 bits per heavy atom. The van der Waals surface area contributed by atoms with Gasteiger partial charge in [0.15, 0.2) is 0 Å². The first-order chi connectivity index (χ1) is 10.2. The fourth-order valence-electron chi connectivity index (χ4n) is 1.92. The zero-order valence-corrected chi connectivity index (χ0v) is 13.7. The highest BCUT2D eigenvalue weighted by atomic mass is 32.2. The summed E-state index contributed by atoms with van der Waals surface area (Å²) in [5.74, 6) is 7.45. The van der Waals surface area contributed by atoms with Gasteiger partial charge >= 0.3 is 0 Å². The standard InChI is InChI=1S/C17H24FNOS/c1-3-19(4-2)10-12-21-14-16-8-9-17(18)13-15(16)7-5-6-11-20/h8-9,13,20H,3-4,6,10-12,14H2,1-2H3. The third kappa shape index (κ3) is 6.99. The van der Waals surface area contributed by atoms with E-state index in [1.165, 1.54) is 12.1 Å². The van der Waals surface area contributed by atoms with Crippen LogP contribution in [0, 0.1) is 17.7 Å². The molecule has 0 aliphatic carbocycles. The average molecular weight is 309 g/mol. The lowest BCUT2D eigenvalue weighted by Gasteiger charge is -2.17. The molecule has 116 valence electrons. The lowest BCUT2D eigenvalue weighted by molar-refractivity contribution is 0.305. The highest BCUT2D eigenvalue weighted by Crippen LogP contribution is 2.17. The van der Waals surface area contributed by atoms with E-state index in [9.17, 15) is 4.39 Å². The molecule has 1 aromatic rings. The van der Waals surface area contributed by atoms with E-state index >= 15 is 0 Å². The van der Waals surface area contributed by atoms with Crippen molar-refractivity contribution in [3.8, 4) is 11.8 Å². The maximum Gasteiger partial charge on any atom is 0.124 e. The van der Waals surface area contributed by atoms with E-state index in [-0.39, 0.29) is 12.4 Å². The Labute approximate surface area is 131 Å². The monoisotopic (exact) mass is 309 g/mol. The molecule has 1 aromatic carbocycles. The van der Waals surface area contributed by atoms with E-state index in [4.69, 9.17) is 5.11 Å². The molecule has 0 heterocycles. The van der Waals surface area contributed by atoms with Crippen LogP contribution in [0.5, 0.6) is 0 Å². The summed E-state index contributed by atoms with van der Waals surface area (Å²) in [4.78, 5) is 2.39. The second-order valence-corrected chi connectivity index (χ2v) is 5.76. The van der Waals surface area contributed by atoms with Crippen molar-refractivity contribution in [3.05, 3.63) is 35.1 Å². The van der Waals surface area contributed by atoms with Crippen molar-refractivity contribution >= 4 is 11.8 Å². The normalized spacial score (nSPS) is 10.5. The molecule has 0 saturated heterocycles.